The molecule has 0 aliphatic heterocycles. The van der Waals surface area contributed by atoms with Crippen molar-refractivity contribution in [3.63, 3.8) is 0 Å². The zero-order chi connectivity index (χ0) is 22.1. The zero-order valence-corrected chi connectivity index (χ0v) is 17.8. The second kappa shape index (κ2) is 8.34. The van der Waals surface area contributed by atoms with Gasteiger partial charge in [-0.3, -0.25) is 9.36 Å². The molecule has 7 heteroatoms. The summed E-state index contributed by atoms with van der Waals surface area (Å²) in [6.07, 6.45) is 2.28. The molecule has 2 aromatic heterocycles. The molecule has 0 amide bonds. The number of hydrogen-bond donors (Lipinski definition) is 0. The predicted molar refractivity (Wildman–Crippen MR) is 119 cm³/mol. The van der Waals surface area contributed by atoms with Gasteiger partial charge in [-0.25, -0.2) is 18.7 Å². The first-order valence-corrected chi connectivity index (χ1v) is 10.4. The van der Waals surface area contributed by atoms with E-state index in [1.54, 1.807) is 10.9 Å². The van der Waals surface area contributed by atoms with Gasteiger partial charge < -0.3 is 4.57 Å². The molecule has 0 bridgehead atoms. The van der Waals surface area contributed by atoms with E-state index in [0.717, 1.165) is 5.56 Å². The van der Waals surface area contributed by atoms with Crippen molar-refractivity contribution in [2.45, 2.75) is 39.8 Å². The first-order valence-electron chi connectivity index (χ1n) is 10.4. The van der Waals surface area contributed by atoms with Crippen molar-refractivity contribution in [2.75, 3.05) is 0 Å². The summed E-state index contributed by atoms with van der Waals surface area (Å²) in [7, 11) is 0. The monoisotopic (exact) mass is 420 g/mol. The van der Waals surface area contributed by atoms with Gasteiger partial charge in [-0.15, -0.1) is 0 Å². The minimum absolute atomic E-state index is 0.156. The topological polar surface area (TPSA) is 61.8 Å². The maximum atomic E-state index is 13.5. The Labute approximate surface area is 179 Å². The number of imidazole rings is 1. The highest BCUT2D eigenvalue weighted by molar-refractivity contribution is 5.72. The summed E-state index contributed by atoms with van der Waals surface area (Å²) in [6, 6.07) is 15.3. The van der Waals surface area contributed by atoms with Crippen LogP contribution in [0.2, 0.25) is 0 Å². The van der Waals surface area contributed by atoms with Crippen LogP contribution < -0.4 is 11.2 Å². The SMILES string of the molecule is CC(C)CCn1c(=O)c2c(ncn2[C@@H](C)c2ccccc2)n(-c2ccc(F)cc2)c1=O. The zero-order valence-electron chi connectivity index (χ0n) is 17.8. The number of benzene rings is 2. The van der Waals surface area contributed by atoms with Gasteiger partial charge in [0.15, 0.2) is 11.2 Å². The Morgan fingerprint density at radius 1 is 0.968 bits per heavy atom. The molecule has 2 aromatic carbocycles. The molecule has 0 unspecified atom stereocenters. The first-order chi connectivity index (χ1) is 14.9. The van der Waals surface area contributed by atoms with E-state index in [9.17, 15) is 14.0 Å². The molecule has 4 aromatic rings. The van der Waals surface area contributed by atoms with Crippen LogP contribution in [0, 0.1) is 11.7 Å². The molecular weight excluding hydrogens is 395 g/mol. The van der Waals surface area contributed by atoms with E-state index in [0.29, 0.717) is 30.1 Å². The Hall–Kier alpha value is -3.48. The van der Waals surface area contributed by atoms with E-state index in [1.165, 1.54) is 33.4 Å². The predicted octanol–water partition coefficient (Wildman–Crippen LogP) is 4.14. The standard InChI is InChI=1S/C24H25FN4O2/c1-16(2)13-14-27-23(30)21-22(29(24(27)31)20-11-9-19(25)10-12-20)26-15-28(21)17(3)18-7-5-4-6-8-18/h4-12,15-17H,13-14H2,1-3H3/t17-/m0/s1. The number of nitrogens with zero attached hydrogens (tertiary/aromatic N) is 4. The largest absolute Gasteiger partial charge is 0.337 e. The summed E-state index contributed by atoms with van der Waals surface area (Å²) in [5.74, 6) is -0.0705. The van der Waals surface area contributed by atoms with Crippen molar-refractivity contribution < 1.29 is 4.39 Å². The summed E-state index contributed by atoms with van der Waals surface area (Å²) >= 11 is 0. The third kappa shape index (κ3) is 3.83. The van der Waals surface area contributed by atoms with Gasteiger partial charge in [0.1, 0.15) is 5.82 Å². The minimum atomic E-state index is -0.470. The van der Waals surface area contributed by atoms with Crippen LogP contribution in [-0.4, -0.2) is 18.7 Å². The van der Waals surface area contributed by atoms with Gasteiger partial charge in [0.25, 0.3) is 5.56 Å². The lowest BCUT2D eigenvalue weighted by Gasteiger charge is -2.17. The molecule has 0 N–H and O–H groups in total. The molecule has 2 heterocycles. The lowest BCUT2D eigenvalue weighted by atomic mass is 10.1. The molecule has 0 aliphatic carbocycles. The van der Waals surface area contributed by atoms with Crippen molar-refractivity contribution in [3.05, 3.63) is 93.1 Å². The van der Waals surface area contributed by atoms with Crippen LogP contribution in [0.4, 0.5) is 4.39 Å². The van der Waals surface area contributed by atoms with Gasteiger partial charge >= 0.3 is 5.69 Å². The normalized spacial score (nSPS) is 12.5. The highest BCUT2D eigenvalue weighted by atomic mass is 19.1. The molecule has 0 aliphatic rings. The molecule has 31 heavy (non-hydrogen) atoms. The molecule has 6 nitrogen and oxygen atoms in total. The summed E-state index contributed by atoms with van der Waals surface area (Å²) in [6.45, 7) is 6.38. The molecular formula is C24H25FN4O2. The third-order valence-corrected chi connectivity index (χ3v) is 5.57. The molecule has 0 saturated carbocycles. The van der Waals surface area contributed by atoms with Crippen molar-refractivity contribution in [3.8, 4) is 5.69 Å². The Kier molecular flexibility index (Phi) is 5.59. The smallest absolute Gasteiger partial charge is 0.317 e. The number of hydrogen-bond acceptors (Lipinski definition) is 3. The van der Waals surface area contributed by atoms with Crippen molar-refractivity contribution in [1.29, 1.82) is 0 Å². The summed E-state index contributed by atoms with van der Waals surface area (Å²) in [4.78, 5) is 31.2. The summed E-state index contributed by atoms with van der Waals surface area (Å²) < 4.78 is 18.0. The van der Waals surface area contributed by atoms with Gasteiger partial charge in [0.2, 0.25) is 0 Å². The lowest BCUT2D eigenvalue weighted by Crippen LogP contribution is -2.40. The minimum Gasteiger partial charge on any atom is -0.317 e. The fraction of sp³-hybridized carbons (Fsp3) is 0.292. The molecule has 0 fully saturated rings. The van der Waals surface area contributed by atoms with E-state index in [4.69, 9.17) is 0 Å². The molecule has 0 radical (unpaired) electrons. The first kappa shape index (κ1) is 20.8. The Morgan fingerprint density at radius 3 is 2.29 bits per heavy atom. The van der Waals surface area contributed by atoms with Gasteiger partial charge in [0, 0.05) is 6.54 Å². The fourth-order valence-electron chi connectivity index (χ4n) is 3.74. The van der Waals surface area contributed by atoms with Crippen LogP contribution in [-0.2, 0) is 6.54 Å². The Morgan fingerprint density at radius 2 is 1.65 bits per heavy atom. The molecule has 160 valence electrons. The second-order valence-electron chi connectivity index (χ2n) is 8.14. The third-order valence-electron chi connectivity index (χ3n) is 5.57. The highest BCUT2D eigenvalue weighted by Crippen LogP contribution is 2.22. The van der Waals surface area contributed by atoms with Crippen molar-refractivity contribution in [2.24, 2.45) is 5.92 Å². The maximum Gasteiger partial charge on any atom is 0.337 e. The van der Waals surface area contributed by atoms with Crippen LogP contribution in [0.25, 0.3) is 16.9 Å². The number of halogens is 1. The van der Waals surface area contributed by atoms with Crippen LogP contribution in [0.3, 0.4) is 0 Å². The highest BCUT2D eigenvalue weighted by Gasteiger charge is 2.22. The van der Waals surface area contributed by atoms with E-state index in [1.807, 2.05) is 51.1 Å². The van der Waals surface area contributed by atoms with E-state index >= 15 is 0 Å². The maximum absolute atomic E-state index is 13.5. The number of aromatic nitrogens is 4. The summed E-state index contributed by atoms with van der Waals surface area (Å²) in [5.41, 5.74) is 1.28. The van der Waals surface area contributed by atoms with E-state index < -0.39 is 11.5 Å². The van der Waals surface area contributed by atoms with E-state index in [2.05, 4.69) is 4.98 Å². The lowest BCUT2D eigenvalue weighted by molar-refractivity contribution is 0.491. The van der Waals surface area contributed by atoms with E-state index in [-0.39, 0.29) is 17.2 Å². The van der Waals surface area contributed by atoms with Gasteiger partial charge in [0.05, 0.1) is 18.1 Å². The second-order valence-corrected chi connectivity index (χ2v) is 8.14. The quantitative estimate of drug-likeness (QED) is 0.471. The average molecular weight is 420 g/mol. The van der Waals surface area contributed by atoms with Gasteiger partial charge in [-0.05, 0) is 49.1 Å². The molecule has 0 spiro atoms. The van der Waals surface area contributed by atoms with Crippen LogP contribution in [0.15, 0.2) is 70.5 Å². The van der Waals surface area contributed by atoms with Crippen molar-refractivity contribution in [1.82, 2.24) is 18.7 Å². The Bertz CT molecular complexity index is 1320. The van der Waals surface area contributed by atoms with Crippen molar-refractivity contribution >= 4 is 11.2 Å². The summed E-state index contributed by atoms with van der Waals surface area (Å²) in [5, 5.41) is 0. The number of fused-ring (bicyclic) bond motifs is 1. The molecule has 0 saturated heterocycles. The van der Waals surface area contributed by atoms with Gasteiger partial charge in [-0.2, -0.15) is 0 Å². The molecule has 4 rings (SSSR count). The molecule has 1 atom stereocenters. The Balaban J connectivity index is 2.00. The van der Waals surface area contributed by atoms with Crippen LogP contribution >= 0.6 is 0 Å². The number of rotatable bonds is 6. The fourth-order valence-corrected chi connectivity index (χ4v) is 3.74. The van der Waals surface area contributed by atoms with Crippen LogP contribution in [0.1, 0.15) is 38.8 Å². The van der Waals surface area contributed by atoms with Gasteiger partial charge in [-0.1, -0.05) is 44.2 Å². The average Bonchev–Trinajstić information content (AvgIpc) is 3.20. The van der Waals surface area contributed by atoms with Crippen LogP contribution in [0.5, 0.6) is 0 Å².